The van der Waals surface area contributed by atoms with E-state index >= 15 is 0 Å². The Morgan fingerprint density at radius 1 is 1.31 bits per heavy atom. The predicted molar refractivity (Wildman–Crippen MR) is 106 cm³/mol. The first kappa shape index (κ1) is 21.1. The highest BCUT2D eigenvalue weighted by Crippen LogP contribution is 2.35. The molecule has 1 fully saturated rings. The number of aryl methyl sites for hydroxylation is 1. The van der Waals surface area contributed by atoms with Gasteiger partial charge >= 0.3 is 0 Å². The molecule has 2 aromatic rings. The Labute approximate surface area is 173 Å². The number of aromatic nitrogens is 2. The number of hydrogen-bond donors (Lipinski definition) is 1. The Balaban J connectivity index is 2.12. The van der Waals surface area contributed by atoms with Crippen LogP contribution in [-0.4, -0.2) is 46.7 Å². The SMILES string of the molecule is Cc1ccc(N(C(=O)[C@H](F)Cl)[C@@](C)(C(=O)NC2CCOC2)c2cncnc2)cc1. The number of carbonyl (C=O) groups excluding carboxylic acids is 2. The lowest BCUT2D eigenvalue weighted by Gasteiger charge is -2.40. The third-order valence-electron chi connectivity index (χ3n) is 4.98. The van der Waals surface area contributed by atoms with Gasteiger partial charge in [0.25, 0.3) is 17.4 Å². The third kappa shape index (κ3) is 4.38. The lowest BCUT2D eigenvalue weighted by Crippen LogP contribution is -2.60. The average Bonchev–Trinajstić information content (AvgIpc) is 3.23. The molecule has 1 saturated heterocycles. The lowest BCUT2D eigenvalue weighted by atomic mass is 9.89. The summed E-state index contributed by atoms with van der Waals surface area (Å²) in [6.45, 7) is 4.30. The molecule has 29 heavy (non-hydrogen) atoms. The molecular weight excluding hydrogens is 399 g/mol. The minimum Gasteiger partial charge on any atom is -0.379 e. The highest BCUT2D eigenvalue weighted by Gasteiger charge is 2.47. The van der Waals surface area contributed by atoms with Crippen molar-refractivity contribution in [2.45, 2.75) is 37.5 Å². The van der Waals surface area contributed by atoms with E-state index in [1.165, 1.54) is 25.6 Å². The molecule has 9 heteroatoms. The highest BCUT2D eigenvalue weighted by atomic mass is 35.5. The summed E-state index contributed by atoms with van der Waals surface area (Å²) in [4.78, 5) is 35.3. The fourth-order valence-electron chi connectivity index (χ4n) is 3.28. The summed E-state index contributed by atoms with van der Waals surface area (Å²) >= 11 is 5.53. The van der Waals surface area contributed by atoms with Gasteiger partial charge in [-0.1, -0.05) is 29.3 Å². The van der Waals surface area contributed by atoms with Gasteiger partial charge in [-0.25, -0.2) is 14.4 Å². The topological polar surface area (TPSA) is 84.4 Å². The number of halogens is 2. The van der Waals surface area contributed by atoms with E-state index in [-0.39, 0.29) is 6.04 Å². The zero-order chi connectivity index (χ0) is 21.0. The van der Waals surface area contributed by atoms with Gasteiger partial charge in [-0.05, 0) is 32.4 Å². The molecule has 3 rings (SSSR count). The van der Waals surface area contributed by atoms with Crippen molar-refractivity contribution in [1.82, 2.24) is 15.3 Å². The third-order valence-corrected chi connectivity index (χ3v) is 5.16. The molecule has 0 aliphatic carbocycles. The molecule has 1 aromatic carbocycles. The monoisotopic (exact) mass is 420 g/mol. The van der Waals surface area contributed by atoms with Crippen molar-refractivity contribution < 1.29 is 18.7 Å². The van der Waals surface area contributed by atoms with Crippen LogP contribution in [0.25, 0.3) is 0 Å². The minimum atomic E-state index is -2.33. The predicted octanol–water partition coefficient (Wildman–Crippen LogP) is 2.47. The van der Waals surface area contributed by atoms with Crippen LogP contribution in [0.1, 0.15) is 24.5 Å². The summed E-state index contributed by atoms with van der Waals surface area (Å²) in [5.74, 6) is -1.56. The minimum absolute atomic E-state index is 0.210. The second-order valence-electron chi connectivity index (χ2n) is 7.04. The van der Waals surface area contributed by atoms with Crippen LogP contribution in [0.3, 0.4) is 0 Å². The van der Waals surface area contributed by atoms with E-state index in [9.17, 15) is 14.0 Å². The number of rotatable bonds is 6. The van der Waals surface area contributed by atoms with E-state index in [1.807, 2.05) is 6.92 Å². The summed E-state index contributed by atoms with van der Waals surface area (Å²) in [6.07, 6.45) is 4.80. The fourth-order valence-corrected chi connectivity index (χ4v) is 3.38. The molecule has 1 aliphatic heterocycles. The standard InChI is InChI=1S/C20H22ClFN4O3/c1-13-3-5-16(6-4-13)26(18(27)17(21)22)20(2,14-9-23-12-24-10-14)19(28)25-15-7-8-29-11-15/h3-6,9-10,12,15,17H,7-8,11H2,1-2H3,(H,25,28)/t15?,17-,20+/m0/s1. The van der Waals surface area contributed by atoms with Gasteiger partial charge in [0.15, 0.2) is 5.54 Å². The number of nitrogens with zero attached hydrogens (tertiary/aromatic N) is 3. The first-order chi connectivity index (χ1) is 13.8. The normalized spacial score (nSPS) is 19.2. The van der Waals surface area contributed by atoms with Gasteiger partial charge in [-0.2, -0.15) is 0 Å². The van der Waals surface area contributed by atoms with Gasteiger partial charge in [0.1, 0.15) is 6.33 Å². The van der Waals surface area contributed by atoms with Crippen LogP contribution in [0.15, 0.2) is 43.0 Å². The largest absolute Gasteiger partial charge is 0.379 e. The van der Waals surface area contributed by atoms with Crippen molar-refractivity contribution in [2.24, 2.45) is 0 Å². The van der Waals surface area contributed by atoms with Crippen LogP contribution >= 0.6 is 11.6 Å². The summed E-state index contributed by atoms with van der Waals surface area (Å²) < 4.78 is 19.3. The molecule has 0 bridgehead atoms. The maximum Gasteiger partial charge on any atom is 0.278 e. The number of carbonyl (C=O) groups is 2. The maximum absolute atomic E-state index is 14.0. The number of anilines is 1. The van der Waals surface area contributed by atoms with E-state index in [4.69, 9.17) is 16.3 Å². The number of hydrogen-bond acceptors (Lipinski definition) is 5. The lowest BCUT2D eigenvalue weighted by molar-refractivity contribution is -0.131. The van der Waals surface area contributed by atoms with E-state index in [0.717, 1.165) is 10.5 Å². The van der Waals surface area contributed by atoms with Crippen LogP contribution in [0.2, 0.25) is 0 Å². The van der Waals surface area contributed by atoms with Gasteiger partial charge in [-0.15, -0.1) is 0 Å². The Hall–Kier alpha value is -2.58. The maximum atomic E-state index is 14.0. The van der Waals surface area contributed by atoms with Gasteiger partial charge in [0, 0.05) is 30.3 Å². The van der Waals surface area contributed by atoms with Crippen LogP contribution in [-0.2, 0) is 19.9 Å². The van der Waals surface area contributed by atoms with Crippen molar-refractivity contribution in [3.8, 4) is 0 Å². The van der Waals surface area contributed by atoms with E-state index in [0.29, 0.717) is 30.9 Å². The summed E-state index contributed by atoms with van der Waals surface area (Å²) in [7, 11) is 0. The molecule has 1 N–H and O–H groups in total. The summed E-state index contributed by atoms with van der Waals surface area (Å²) in [5, 5.41) is 2.89. The van der Waals surface area contributed by atoms with Crippen LogP contribution < -0.4 is 10.2 Å². The molecule has 7 nitrogen and oxygen atoms in total. The molecule has 3 atom stereocenters. The Kier molecular flexibility index (Phi) is 6.44. The molecular formula is C20H22ClFN4O3. The molecule has 0 radical (unpaired) electrons. The highest BCUT2D eigenvalue weighted by molar-refractivity contribution is 6.32. The second kappa shape index (κ2) is 8.84. The Morgan fingerprint density at radius 3 is 2.52 bits per heavy atom. The van der Waals surface area contributed by atoms with E-state index in [1.54, 1.807) is 24.3 Å². The van der Waals surface area contributed by atoms with Crippen LogP contribution in [0.4, 0.5) is 10.1 Å². The molecule has 1 unspecified atom stereocenters. The summed E-state index contributed by atoms with van der Waals surface area (Å²) in [5.41, 5.74) is -2.38. The number of ether oxygens (including phenoxy) is 1. The zero-order valence-electron chi connectivity index (χ0n) is 16.1. The van der Waals surface area contributed by atoms with Gasteiger partial charge < -0.3 is 10.1 Å². The molecule has 0 saturated carbocycles. The number of benzene rings is 1. The van der Waals surface area contributed by atoms with Gasteiger partial charge in [0.2, 0.25) is 0 Å². The second-order valence-corrected chi connectivity index (χ2v) is 7.43. The zero-order valence-corrected chi connectivity index (χ0v) is 16.9. The number of amides is 2. The molecule has 1 aromatic heterocycles. The first-order valence-electron chi connectivity index (χ1n) is 9.17. The first-order valence-corrected chi connectivity index (χ1v) is 9.60. The number of alkyl halides is 2. The van der Waals surface area contributed by atoms with Crippen LogP contribution in [0.5, 0.6) is 0 Å². The Bertz CT molecular complexity index is 860. The van der Waals surface area contributed by atoms with Crippen molar-refractivity contribution in [3.05, 3.63) is 54.1 Å². The van der Waals surface area contributed by atoms with E-state index < -0.39 is 23.0 Å². The molecule has 2 heterocycles. The van der Waals surface area contributed by atoms with E-state index in [2.05, 4.69) is 15.3 Å². The van der Waals surface area contributed by atoms with Crippen molar-refractivity contribution in [1.29, 1.82) is 0 Å². The molecule has 2 amide bonds. The fraction of sp³-hybridized carbons (Fsp3) is 0.400. The smallest absolute Gasteiger partial charge is 0.278 e. The van der Waals surface area contributed by atoms with Gasteiger partial charge in [-0.3, -0.25) is 14.5 Å². The quantitative estimate of drug-likeness (QED) is 0.726. The van der Waals surface area contributed by atoms with Gasteiger partial charge in [0.05, 0.1) is 12.6 Å². The average molecular weight is 421 g/mol. The van der Waals surface area contributed by atoms with Crippen molar-refractivity contribution >= 4 is 29.1 Å². The molecule has 154 valence electrons. The Morgan fingerprint density at radius 2 is 1.97 bits per heavy atom. The number of nitrogens with one attached hydrogen (secondary N) is 1. The van der Waals surface area contributed by atoms with Crippen molar-refractivity contribution in [3.63, 3.8) is 0 Å². The molecule has 0 spiro atoms. The van der Waals surface area contributed by atoms with Crippen LogP contribution in [0, 0.1) is 6.92 Å². The van der Waals surface area contributed by atoms with Crippen molar-refractivity contribution in [2.75, 3.05) is 18.1 Å². The molecule has 1 aliphatic rings. The summed E-state index contributed by atoms with van der Waals surface area (Å²) in [6, 6.07) is 6.60.